The van der Waals surface area contributed by atoms with Crippen LogP contribution in [-0.2, 0) is 4.74 Å². The fraction of sp³-hybridized carbons (Fsp3) is 1.00. The van der Waals surface area contributed by atoms with E-state index >= 15 is 0 Å². The zero-order chi connectivity index (χ0) is 11.3. The van der Waals surface area contributed by atoms with E-state index in [1.165, 1.54) is 7.11 Å². The Kier molecular flexibility index (Phi) is 7.12. The molecule has 0 aromatic heterocycles. The Morgan fingerprint density at radius 3 is 1.93 bits per heavy atom. The standard InChI is InChI=1S/C7H15IO6/c1-14-7(8)6(13)5(12)4(11)3(10)2-9/h3-7,9-13H,2H2,1H3/t3?,4?,5?,6?,7-/m0/s1. The molecule has 0 saturated carbocycles. The number of methoxy groups -OCH3 is 1. The van der Waals surface area contributed by atoms with E-state index in [1.807, 2.05) is 0 Å². The Bertz CT molecular complexity index is 141. The van der Waals surface area contributed by atoms with Crippen LogP contribution in [0.5, 0.6) is 0 Å². The van der Waals surface area contributed by atoms with Crippen molar-refractivity contribution >= 4 is 22.6 Å². The monoisotopic (exact) mass is 322 g/mol. The first-order chi connectivity index (χ1) is 6.45. The van der Waals surface area contributed by atoms with E-state index in [1.54, 1.807) is 22.6 Å². The van der Waals surface area contributed by atoms with E-state index in [9.17, 15) is 15.3 Å². The van der Waals surface area contributed by atoms with Gasteiger partial charge in [-0.3, -0.25) is 0 Å². The third-order valence-electron chi connectivity index (χ3n) is 1.77. The van der Waals surface area contributed by atoms with Crippen molar-refractivity contribution in [1.82, 2.24) is 0 Å². The molecule has 4 unspecified atom stereocenters. The molecule has 14 heavy (non-hydrogen) atoms. The van der Waals surface area contributed by atoms with Crippen LogP contribution < -0.4 is 0 Å². The highest BCUT2D eigenvalue weighted by atomic mass is 127. The van der Waals surface area contributed by atoms with Gasteiger partial charge in [-0.1, -0.05) is 0 Å². The average Bonchev–Trinajstić information content (AvgIpc) is 2.23. The number of aliphatic hydroxyl groups excluding tert-OH is 5. The lowest BCUT2D eigenvalue weighted by Gasteiger charge is -2.27. The summed E-state index contributed by atoms with van der Waals surface area (Å²) in [7, 11) is 1.34. The molecule has 0 aliphatic heterocycles. The van der Waals surface area contributed by atoms with E-state index in [4.69, 9.17) is 14.9 Å². The van der Waals surface area contributed by atoms with Crippen LogP contribution in [0.2, 0.25) is 0 Å². The summed E-state index contributed by atoms with van der Waals surface area (Å²) in [6.07, 6.45) is -6.00. The fourth-order valence-electron chi connectivity index (χ4n) is 0.832. The Balaban J connectivity index is 4.22. The van der Waals surface area contributed by atoms with Crippen LogP contribution in [0.15, 0.2) is 0 Å². The Morgan fingerprint density at radius 1 is 1.07 bits per heavy atom. The summed E-state index contributed by atoms with van der Waals surface area (Å²) in [6, 6.07) is 0. The average molecular weight is 322 g/mol. The van der Waals surface area contributed by atoms with Crippen LogP contribution >= 0.6 is 22.6 Å². The molecule has 0 rings (SSSR count). The van der Waals surface area contributed by atoms with Crippen LogP contribution in [-0.4, -0.2) is 67.8 Å². The molecule has 0 aromatic carbocycles. The minimum Gasteiger partial charge on any atom is -0.394 e. The van der Waals surface area contributed by atoms with E-state index in [0.717, 1.165) is 0 Å². The fourth-order valence-corrected chi connectivity index (χ4v) is 1.26. The number of halogens is 1. The van der Waals surface area contributed by atoms with Crippen molar-refractivity contribution in [2.75, 3.05) is 13.7 Å². The molecule has 0 spiro atoms. The molecule has 0 heterocycles. The summed E-state index contributed by atoms with van der Waals surface area (Å²) < 4.78 is 4.01. The normalized spacial score (nSPS) is 22.5. The molecule has 0 bridgehead atoms. The van der Waals surface area contributed by atoms with Crippen LogP contribution in [0, 0.1) is 0 Å². The molecule has 5 atom stereocenters. The SMILES string of the molecule is CO[C@H](I)C(O)C(O)C(O)C(O)CO. The molecule has 0 aliphatic rings. The van der Waals surface area contributed by atoms with Gasteiger partial charge in [-0.2, -0.15) is 0 Å². The maximum atomic E-state index is 9.37. The molecule has 0 aromatic rings. The van der Waals surface area contributed by atoms with Gasteiger partial charge >= 0.3 is 0 Å². The van der Waals surface area contributed by atoms with Crippen molar-refractivity contribution < 1.29 is 30.3 Å². The van der Waals surface area contributed by atoms with Gasteiger partial charge in [0, 0.05) is 7.11 Å². The Hall–Kier alpha value is 0.490. The molecule has 0 aliphatic carbocycles. The van der Waals surface area contributed by atoms with Crippen molar-refractivity contribution in [3.8, 4) is 0 Å². The topological polar surface area (TPSA) is 110 Å². The Labute approximate surface area is 95.3 Å². The highest BCUT2D eigenvalue weighted by Crippen LogP contribution is 2.14. The lowest BCUT2D eigenvalue weighted by atomic mass is 10.0. The van der Waals surface area contributed by atoms with Crippen LogP contribution in [0.4, 0.5) is 0 Å². The molecule has 0 radical (unpaired) electrons. The van der Waals surface area contributed by atoms with Gasteiger partial charge in [0.25, 0.3) is 0 Å². The number of aliphatic hydroxyl groups is 5. The maximum absolute atomic E-state index is 9.37. The van der Waals surface area contributed by atoms with Gasteiger partial charge < -0.3 is 30.3 Å². The summed E-state index contributed by atoms with van der Waals surface area (Å²) >= 11 is 1.73. The second-order valence-electron chi connectivity index (χ2n) is 2.81. The summed E-state index contributed by atoms with van der Waals surface area (Å²) in [5.74, 6) is 0. The number of ether oxygens (including phenoxy) is 1. The van der Waals surface area contributed by atoms with Gasteiger partial charge in [-0.25, -0.2) is 0 Å². The van der Waals surface area contributed by atoms with E-state index in [2.05, 4.69) is 0 Å². The van der Waals surface area contributed by atoms with Crippen LogP contribution in [0.3, 0.4) is 0 Å². The first-order valence-electron chi connectivity index (χ1n) is 3.95. The van der Waals surface area contributed by atoms with Gasteiger partial charge in [-0.05, 0) is 22.6 Å². The Morgan fingerprint density at radius 2 is 1.57 bits per heavy atom. The van der Waals surface area contributed by atoms with Gasteiger partial charge in [-0.15, -0.1) is 0 Å². The first kappa shape index (κ1) is 14.5. The molecule has 86 valence electrons. The lowest BCUT2D eigenvalue weighted by molar-refractivity contribution is -0.129. The zero-order valence-electron chi connectivity index (χ0n) is 7.62. The predicted octanol–water partition coefficient (Wildman–Crippen LogP) is -2.17. The van der Waals surface area contributed by atoms with Gasteiger partial charge in [0.1, 0.15) is 28.5 Å². The molecule has 5 N–H and O–H groups in total. The number of alkyl halides is 1. The van der Waals surface area contributed by atoms with Crippen molar-refractivity contribution in [3.05, 3.63) is 0 Å². The second-order valence-corrected chi connectivity index (χ2v) is 4.04. The molecule has 0 amide bonds. The van der Waals surface area contributed by atoms with Crippen LogP contribution in [0.25, 0.3) is 0 Å². The smallest absolute Gasteiger partial charge is 0.136 e. The highest BCUT2D eigenvalue weighted by molar-refractivity contribution is 14.1. The first-order valence-corrected chi connectivity index (χ1v) is 5.20. The van der Waals surface area contributed by atoms with Crippen LogP contribution in [0.1, 0.15) is 0 Å². The molecule has 0 fully saturated rings. The molecule has 0 saturated heterocycles. The predicted molar refractivity (Wildman–Crippen MR) is 55.9 cm³/mol. The molecular weight excluding hydrogens is 307 g/mol. The maximum Gasteiger partial charge on any atom is 0.136 e. The number of hydrogen-bond acceptors (Lipinski definition) is 6. The van der Waals surface area contributed by atoms with Crippen molar-refractivity contribution in [2.45, 2.75) is 28.5 Å². The van der Waals surface area contributed by atoms with Gasteiger partial charge in [0.15, 0.2) is 0 Å². The minimum absolute atomic E-state index is 0.691. The number of rotatable bonds is 6. The molecule has 6 nitrogen and oxygen atoms in total. The minimum atomic E-state index is -1.61. The van der Waals surface area contributed by atoms with Gasteiger partial charge in [0.2, 0.25) is 0 Å². The van der Waals surface area contributed by atoms with E-state index < -0.39 is 35.1 Å². The molecular formula is C7H15IO6. The quantitative estimate of drug-likeness (QED) is 0.281. The highest BCUT2D eigenvalue weighted by Gasteiger charge is 2.33. The third-order valence-corrected chi connectivity index (χ3v) is 3.02. The third kappa shape index (κ3) is 3.93. The largest absolute Gasteiger partial charge is 0.394 e. The van der Waals surface area contributed by atoms with Gasteiger partial charge in [0.05, 0.1) is 6.61 Å². The second kappa shape index (κ2) is 6.88. The summed E-state index contributed by atoms with van der Waals surface area (Å²) in [5.41, 5.74) is 0. The van der Waals surface area contributed by atoms with E-state index in [0.29, 0.717) is 0 Å². The van der Waals surface area contributed by atoms with Crippen molar-refractivity contribution in [2.24, 2.45) is 0 Å². The molecule has 7 heteroatoms. The summed E-state index contributed by atoms with van der Waals surface area (Å²) in [5, 5.41) is 45.4. The lowest BCUT2D eigenvalue weighted by Crippen LogP contribution is -2.49. The zero-order valence-corrected chi connectivity index (χ0v) is 9.77. The van der Waals surface area contributed by atoms with Crippen molar-refractivity contribution in [3.63, 3.8) is 0 Å². The van der Waals surface area contributed by atoms with E-state index in [-0.39, 0.29) is 0 Å². The van der Waals surface area contributed by atoms with Crippen molar-refractivity contribution in [1.29, 1.82) is 0 Å². The summed E-state index contributed by atoms with van der Waals surface area (Å²) in [6.45, 7) is -0.691. The number of hydrogen-bond donors (Lipinski definition) is 5. The summed E-state index contributed by atoms with van der Waals surface area (Å²) in [4.78, 5) is 0.